The van der Waals surface area contributed by atoms with E-state index in [2.05, 4.69) is 127 Å². The van der Waals surface area contributed by atoms with E-state index in [1.165, 1.54) is 4.70 Å². The van der Waals surface area contributed by atoms with Crippen LogP contribution in [0.5, 0.6) is 0 Å². The Kier molecular flexibility index (Phi) is 7.60. The van der Waals surface area contributed by atoms with Crippen molar-refractivity contribution in [3.05, 3.63) is 182 Å². The average molecular weight is 735 g/mol. The Balaban J connectivity index is 1.00. The summed E-state index contributed by atoms with van der Waals surface area (Å²) in [7, 11) is 0. The van der Waals surface area contributed by atoms with Gasteiger partial charge in [-0.15, -0.1) is 11.3 Å². The first kappa shape index (κ1) is 32.2. The van der Waals surface area contributed by atoms with Crippen molar-refractivity contribution in [2.24, 2.45) is 0 Å². The fraction of sp³-hybridized carbons (Fsp3) is 0. The Hall–Kier alpha value is -7.28. The highest BCUT2D eigenvalue weighted by Gasteiger charge is 2.19. The molecule has 0 unspecified atom stereocenters. The summed E-state index contributed by atoms with van der Waals surface area (Å²) >= 11 is 1.75. The molecule has 0 aliphatic rings. The Morgan fingerprint density at radius 1 is 0.357 bits per heavy atom. The molecule has 0 saturated carbocycles. The number of nitrogens with zero attached hydrogens (tertiary/aromatic N) is 4. The Morgan fingerprint density at radius 3 is 1.59 bits per heavy atom. The number of rotatable bonds is 6. The summed E-state index contributed by atoms with van der Waals surface area (Å²) in [5.41, 5.74) is 13.4. The van der Waals surface area contributed by atoms with Crippen molar-refractivity contribution in [3.63, 3.8) is 0 Å². The average Bonchev–Trinajstić information content (AvgIpc) is 3.85. The molecule has 5 nitrogen and oxygen atoms in total. The minimum atomic E-state index is 0.654. The van der Waals surface area contributed by atoms with Crippen LogP contribution >= 0.6 is 11.3 Å². The highest BCUT2D eigenvalue weighted by atomic mass is 32.1. The molecule has 7 aromatic carbocycles. The van der Waals surface area contributed by atoms with E-state index in [9.17, 15) is 0 Å². The molecule has 0 bridgehead atoms. The molecule has 11 rings (SSSR count). The normalized spacial score (nSPS) is 11.6. The summed E-state index contributed by atoms with van der Waals surface area (Å²) in [4.78, 5) is 20.5. The lowest BCUT2D eigenvalue weighted by Gasteiger charge is -2.11. The Morgan fingerprint density at radius 2 is 0.857 bits per heavy atom. The van der Waals surface area contributed by atoms with Gasteiger partial charge in [0, 0.05) is 37.7 Å². The zero-order chi connectivity index (χ0) is 37.0. The van der Waals surface area contributed by atoms with E-state index >= 15 is 0 Å². The number of fused-ring (bicyclic) bond motifs is 6. The van der Waals surface area contributed by atoms with Crippen molar-refractivity contribution in [2.45, 2.75) is 0 Å². The van der Waals surface area contributed by atoms with Crippen LogP contribution < -0.4 is 0 Å². The van der Waals surface area contributed by atoms with Crippen LogP contribution in [-0.4, -0.2) is 19.9 Å². The SMILES string of the molecule is c1ccc(-c2nc(-c3cccc(-c4cccc(-c5cccc(-c6nc(-c7ccccc7)c7oc8ccccc8c7n6)c5)c4)c3)c3sc4ccccc4c3n2)cc1. The smallest absolute Gasteiger partial charge is 0.180 e. The molecule has 0 N–H and O–H groups in total. The maximum Gasteiger partial charge on any atom is 0.180 e. The van der Waals surface area contributed by atoms with Gasteiger partial charge in [-0.1, -0.05) is 146 Å². The van der Waals surface area contributed by atoms with Crippen molar-refractivity contribution in [2.75, 3.05) is 0 Å². The van der Waals surface area contributed by atoms with Gasteiger partial charge in [-0.05, 0) is 58.7 Å². The van der Waals surface area contributed by atoms with Gasteiger partial charge in [0.25, 0.3) is 0 Å². The van der Waals surface area contributed by atoms with E-state index in [4.69, 9.17) is 24.4 Å². The lowest BCUT2D eigenvalue weighted by atomic mass is 9.96. The number of aromatic nitrogens is 4. The Bertz CT molecular complexity index is 3260. The summed E-state index contributed by atoms with van der Waals surface area (Å²) < 4.78 is 8.64. The molecule has 11 aromatic rings. The standard InChI is InChI=1S/C50H30N4OS/c1-3-14-31(15-4-1)43-47-45(39-24-7-9-26-41(39)55-47)53-50(51-43)38-23-13-21-36(30-38)34-19-11-18-33(28-34)35-20-12-22-37(29-35)44-48-46(40-25-8-10-27-42(40)56-48)54-49(52-44)32-16-5-2-6-17-32/h1-30H. The van der Waals surface area contributed by atoms with E-state index in [1.807, 2.05) is 54.6 Å². The molecule has 6 heteroatoms. The Labute approximate surface area is 326 Å². The van der Waals surface area contributed by atoms with Crippen LogP contribution in [-0.2, 0) is 0 Å². The fourth-order valence-electron chi connectivity index (χ4n) is 7.58. The van der Waals surface area contributed by atoms with Crippen molar-refractivity contribution in [1.29, 1.82) is 0 Å². The van der Waals surface area contributed by atoms with Gasteiger partial charge in [0.1, 0.15) is 16.8 Å². The number of hydrogen-bond acceptors (Lipinski definition) is 6. The zero-order valence-electron chi connectivity index (χ0n) is 29.9. The van der Waals surface area contributed by atoms with Gasteiger partial charge < -0.3 is 4.42 Å². The molecule has 0 atom stereocenters. The van der Waals surface area contributed by atoms with Gasteiger partial charge in [0.05, 0.1) is 15.9 Å². The summed E-state index contributed by atoms with van der Waals surface area (Å²) in [5, 5.41) is 2.12. The van der Waals surface area contributed by atoms with Crippen LogP contribution in [0.15, 0.2) is 186 Å². The summed E-state index contributed by atoms with van der Waals surface area (Å²) in [6.07, 6.45) is 0. The van der Waals surface area contributed by atoms with E-state index in [0.29, 0.717) is 11.4 Å². The van der Waals surface area contributed by atoms with E-state index < -0.39 is 0 Å². The minimum Gasteiger partial charge on any atom is -0.452 e. The summed E-state index contributed by atoms with van der Waals surface area (Å²) in [6, 6.07) is 62.8. The number of furan rings is 1. The molecule has 4 heterocycles. The van der Waals surface area contributed by atoms with Crippen LogP contribution in [0.3, 0.4) is 0 Å². The van der Waals surface area contributed by atoms with Gasteiger partial charge in [-0.2, -0.15) is 0 Å². The predicted molar refractivity (Wildman–Crippen MR) is 230 cm³/mol. The van der Waals surface area contributed by atoms with Gasteiger partial charge in [-0.25, -0.2) is 19.9 Å². The topological polar surface area (TPSA) is 64.7 Å². The molecule has 0 radical (unpaired) electrons. The number of thiophene rings is 1. The number of para-hydroxylation sites is 1. The lowest BCUT2D eigenvalue weighted by molar-refractivity contribution is 0.667. The van der Waals surface area contributed by atoms with Gasteiger partial charge in [0.15, 0.2) is 17.2 Å². The minimum absolute atomic E-state index is 0.654. The maximum absolute atomic E-state index is 6.34. The highest BCUT2D eigenvalue weighted by Crippen LogP contribution is 2.41. The van der Waals surface area contributed by atoms with E-state index in [1.54, 1.807) is 11.3 Å². The van der Waals surface area contributed by atoms with Crippen LogP contribution in [0.25, 0.3) is 110 Å². The molecule has 262 valence electrons. The van der Waals surface area contributed by atoms with Crippen molar-refractivity contribution in [1.82, 2.24) is 19.9 Å². The lowest BCUT2D eigenvalue weighted by Crippen LogP contribution is -1.94. The molecule has 56 heavy (non-hydrogen) atoms. The number of hydrogen-bond donors (Lipinski definition) is 0. The van der Waals surface area contributed by atoms with Crippen LogP contribution in [0.4, 0.5) is 0 Å². The fourth-order valence-corrected chi connectivity index (χ4v) is 8.73. The molecule has 0 saturated heterocycles. The third-order valence-corrected chi connectivity index (χ3v) is 11.5. The highest BCUT2D eigenvalue weighted by molar-refractivity contribution is 7.26. The first-order valence-electron chi connectivity index (χ1n) is 18.5. The third-order valence-electron chi connectivity index (χ3n) is 10.3. The van der Waals surface area contributed by atoms with E-state index in [0.717, 1.165) is 93.8 Å². The van der Waals surface area contributed by atoms with Crippen molar-refractivity contribution in [3.8, 4) is 67.5 Å². The molecule has 4 aromatic heterocycles. The van der Waals surface area contributed by atoms with Crippen molar-refractivity contribution < 1.29 is 4.42 Å². The largest absolute Gasteiger partial charge is 0.452 e. The summed E-state index contributed by atoms with van der Waals surface area (Å²) in [5.74, 6) is 1.38. The van der Waals surface area contributed by atoms with Crippen LogP contribution in [0, 0.1) is 0 Å². The number of benzene rings is 7. The molecule has 0 aliphatic heterocycles. The molecular weight excluding hydrogens is 705 g/mol. The van der Waals surface area contributed by atoms with Gasteiger partial charge in [0.2, 0.25) is 0 Å². The molecule has 0 aliphatic carbocycles. The second-order valence-electron chi connectivity index (χ2n) is 13.8. The third kappa shape index (κ3) is 5.54. The maximum atomic E-state index is 6.34. The monoisotopic (exact) mass is 734 g/mol. The van der Waals surface area contributed by atoms with Crippen molar-refractivity contribution >= 4 is 53.7 Å². The van der Waals surface area contributed by atoms with E-state index in [-0.39, 0.29) is 0 Å². The quantitative estimate of drug-likeness (QED) is 0.170. The predicted octanol–water partition coefficient (Wildman–Crippen LogP) is 13.5. The zero-order valence-corrected chi connectivity index (χ0v) is 30.7. The molecule has 0 fully saturated rings. The van der Waals surface area contributed by atoms with Gasteiger partial charge >= 0.3 is 0 Å². The first-order chi connectivity index (χ1) is 27.7. The van der Waals surface area contributed by atoms with Gasteiger partial charge in [-0.3, -0.25) is 0 Å². The second-order valence-corrected chi connectivity index (χ2v) is 14.9. The molecule has 0 amide bonds. The van der Waals surface area contributed by atoms with Crippen LogP contribution in [0.2, 0.25) is 0 Å². The molecule has 0 spiro atoms. The molecular formula is C50H30N4OS. The van der Waals surface area contributed by atoms with Crippen LogP contribution in [0.1, 0.15) is 0 Å². The summed E-state index contributed by atoms with van der Waals surface area (Å²) in [6.45, 7) is 0. The second kappa shape index (κ2) is 13.2. The first-order valence-corrected chi connectivity index (χ1v) is 19.4.